The van der Waals surface area contributed by atoms with Gasteiger partial charge in [0.05, 0.1) is 0 Å². The fourth-order valence-corrected chi connectivity index (χ4v) is 3.61. The predicted molar refractivity (Wildman–Crippen MR) is 104 cm³/mol. The minimum atomic E-state index is 0.853. The molecular formula is C23H38. The van der Waals surface area contributed by atoms with Gasteiger partial charge in [-0.25, -0.2) is 0 Å². The van der Waals surface area contributed by atoms with Crippen LogP contribution in [0.1, 0.15) is 91.9 Å². The molecule has 130 valence electrons. The van der Waals surface area contributed by atoms with E-state index in [0.717, 1.165) is 17.3 Å². The van der Waals surface area contributed by atoms with Crippen LogP contribution in [0, 0.1) is 17.3 Å². The first-order valence-corrected chi connectivity index (χ1v) is 9.87. The van der Waals surface area contributed by atoms with Crippen molar-refractivity contribution >= 4 is 0 Å². The van der Waals surface area contributed by atoms with Crippen LogP contribution in [-0.2, 0) is 0 Å². The molecule has 0 unspecified atom stereocenters. The van der Waals surface area contributed by atoms with E-state index in [9.17, 15) is 0 Å². The van der Waals surface area contributed by atoms with Gasteiger partial charge in [0.15, 0.2) is 0 Å². The van der Waals surface area contributed by atoms with E-state index in [2.05, 4.69) is 46.4 Å². The average Bonchev–Trinajstić information content (AvgIpc) is 3.34. The van der Waals surface area contributed by atoms with Gasteiger partial charge >= 0.3 is 0 Å². The molecule has 0 aromatic carbocycles. The lowest BCUT2D eigenvalue weighted by atomic mass is 9.94. The summed E-state index contributed by atoms with van der Waals surface area (Å²) in [4.78, 5) is 0. The molecule has 0 aliphatic heterocycles. The zero-order valence-corrected chi connectivity index (χ0v) is 16.1. The zero-order valence-electron chi connectivity index (χ0n) is 16.1. The molecule has 0 spiro atoms. The lowest BCUT2D eigenvalue weighted by Gasteiger charge is -2.11. The molecule has 0 radical (unpaired) electrons. The van der Waals surface area contributed by atoms with Crippen LogP contribution in [0.25, 0.3) is 0 Å². The Kier molecular flexibility index (Phi) is 6.74. The largest absolute Gasteiger partial charge is 0.0996 e. The predicted octanol–water partition coefficient (Wildman–Crippen LogP) is 7.62. The van der Waals surface area contributed by atoms with Gasteiger partial charge in [-0.15, -0.1) is 0 Å². The molecule has 0 amide bonds. The smallest absolute Gasteiger partial charge is 0.0205 e. The van der Waals surface area contributed by atoms with Crippen LogP contribution < -0.4 is 0 Å². The quantitative estimate of drug-likeness (QED) is 0.404. The van der Waals surface area contributed by atoms with Crippen molar-refractivity contribution in [2.24, 2.45) is 17.3 Å². The maximum absolute atomic E-state index is 4.08. The molecule has 3 fully saturated rings. The van der Waals surface area contributed by atoms with E-state index >= 15 is 0 Å². The van der Waals surface area contributed by atoms with Gasteiger partial charge in [-0.05, 0) is 109 Å². The standard InChI is InChI=1S/C12H20.C11H18/c1-10(2)4-3-7-12(8-9-12)11-5-6-11;1-9(2)5-4-6-10(3)11-7-8-11/h4,11H,3,5-9H2,1-2H3;5,11H,3-4,6-8H2,1-2H3. The van der Waals surface area contributed by atoms with E-state index in [4.69, 9.17) is 0 Å². The second-order valence-electron chi connectivity index (χ2n) is 8.71. The summed E-state index contributed by atoms with van der Waals surface area (Å²) < 4.78 is 0. The van der Waals surface area contributed by atoms with Crippen LogP contribution in [-0.4, -0.2) is 0 Å². The fraction of sp³-hybridized carbons (Fsp3) is 0.739. The van der Waals surface area contributed by atoms with Gasteiger partial charge in [0.1, 0.15) is 0 Å². The third-order valence-electron chi connectivity index (χ3n) is 5.70. The molecule has 23 heavy (non-hydrogen) atoms. The van der Waals surface area contributed by atoms with E-state index in [1.165, 1.54) is 80.9 Å². The van der Waals surface area contributed by atoms with Gasteiger partial charge in [0, 0.05) is 0 Å². The molecule has 0 saturated heterocycles. The highest BCUT2D eigenvalue weighted by Crippen LogP contribution is 2.63. The molecule has 3 aliphatic carbocycles. The summed E-state index contributed by atoms with van der Waals surface area (Å²) in [5.74, 6) is 2.03. The van der Waals surface area contributed by atoms with Crippen molar-refractivity contribution in [3.05, 3.63) is 35.5 Å². The van der Waals surface area contributed by atoms with Crippen molar-refractivity contribution in [1.82, 2.24) is 0 Å². The van der Waals surface area contributed by atoms with E-state index < -0.39 is 0 Å². The molecule has 0 aromatic rings. The monoisotopic (exact) mass is 314 g/mol. The number of hydrogen-bond acceptors (Lipinski definition) is 0. The van der Waals surface area contributed by atoms with Crippen molar-refractivity contribution < 1.29 is 0 Å². The van der Waals surface area contributed by atoms with Crippen LogP contribution in [0.3, 0.4) is 0 Å². The zero-order chi connectivity index (χ0) is 16.9. The molecule has 0 heterocycles. The summed E-state index contributed by atoms with van der Waals surface area (Å²) in [5, 5.41) is 0. The van der Waals surface area contributed by atoms with E-state index in [1.807, 2.05) is 0 Å². The third-order valence-corrected chi connectivity index (χ3v) is 5.70. The first kappa shape index (κ1) is 18.6. The lowest BCUT2D eigenvalue weighted by molar-refractivity contribution is 0.408. The van der Waals surface area contributed by atoms with Gasteiger partial charge in [0.2, 0.25) is 0 Å². The summed E-state index contributed by atoms with van der Waals surface area (Å²) >= 11 is 0. The Morgan fingerprint density at radius 3 is 1.91 bits per heavy atom. The van der Waals surface area contributed by atoms with Crippen molar-refractivity contribution in [2.75, 3.05) is 0 Å². The fourth-order valence-electron chi connectivity index (χ4n) is 3.61. The second kappa shape index (κ2) is 8.36. The van der Waals surface area contributed by atoms with Gasteiger partial charge in [-0.2, -0.15) is 0 Å². The average molecular weight is 315 g/mol. The summed E-state index contributed by atoms with van der Waals surface area (Å²) in [6.07, 6.45) is 18.8. The molecule has 0 nitrogen and oxygen atoms in total. The molecule has 3 aliphatic rings. The second-order valence-corrected chi connectivity index (χ2v) is 8.71. The molecule has 3 saturated carbocycles. The van der Waals surface area contributed by atoms with Crippen LogP contribution in [0.15, 0.2) is 35.5 Å². The molecule has 0 aromatic heterocycles. The van der Waals surface area contributed by atoms with Crippen molar-refractivity contribution in [3.8, 4) is 0 Å². The molecule has 0 N–H and O–H groups in total. The summed E-state index contributed by atoms with van der Waals surface area (Å²) in [6, 6.07) is 0. The molecule has 0 atom stereocenters. The highest BCUT2D eigenvalue weighted by molar-refractivity contribution is 5.09. The van der Waals surface area contributed by atoms with Crippen LogP contribution >= 0.6 is 0 Å². The maximum atomic E-state index is 4.08. The SMILES string of the molecule is C=C(CCC=C(C)C)C1CC1.CC(C)=CCCC1(C2CC2)CC1. The van der Waals surface area contributed by atoms with Gasteiger partial charge in [-0.3, -0.25) is 0 Å². The van der Waals surface area contributed by atoms with Crippen molar-refractivity contribution in [1.29, 1.82) is 0 Å². The first-order valence-electron chi connectivity index (χ1n) is 9.87. The summed E-state index contributed by atoms with van der Waals surface area (Å²) in [6.45, 7) is 12.8. The van der Waals surface area contributed by atoms with E-state index in [-0.39, 0.29) is 0 Å². The Hall–Kier alpha value is -0.780. The van der Waals surface area contributed by atoms with Gasteiger partial charge in [0.25, 0.3) is 0 Å². The summed E-state index contributed by atoms with van der Waals surface area (Å²) in [5.41, 5.74) is 5.24. The normalized spacial score (nSPS) is 20.9. The van der Waals surface area contributed by atoms with E-state index in [0.29, 0.717) is 0 Å². The Bertz CT molecular complexity index is 442. The van der Waals surface area contributed by atoms with E-state index in [1.54, 1.807) is 0 Å². The van der Waals surface area contributed by atoms with Gasteiger partial charge < -0.3 is 0 Å². The minimum Gasteiger partial charge on any atom is -0.0996 e. The Labute approximate surface area is 145 Å². The summed E-state index contributed by atoms with van der Waals surface area (Å²) in [7, 11) is 0. The van der Waals surface area contributed by atoms with Crippen molar-refractivity contribution in [2.45, 2.75) is 91.9 Å². The third kappa shape index (κ3) is 7.10. The molecule has 0 bridgehead atoms. The molecule has 0 heteroatoms. The highest BCUT2D eigenvalue weighted by atomic mass is 14.6. The maximum Gasteiger partial charge on any atom is -0.0205 e. The van der Waals surface area contributed by atoms with Crippen molar-refractivity contribution in [3.63, 3.8) is 0 Å². The Balaban J connectivity index is 0.000000168. The van der Waals surface area contributed by atoms with Crippen LogP contribution in [0.2, 0.25) is 0 Å². The van der Waals surface area contributed by atoms with Crippen LogP contribution in [0.5, 0.6) is 0 Å². The molecule has 3 rings (SSSR count). The number of hydrogen-bond donors (Lipinski definition) is 0. The number of allylic oxidation sites excluding steroid dienone is 5. The topological polar surface area (TPSA) is 0 Å². The number of rotatable bonds is 8. The Morgan fingerprint density at radius 2 is 1.48 bits per heavy atom. The lowest BCUT2D eigenvalue weighted by Crippen LogP contribution is -2.01. The molecular weight excluding hydrogens is 276 g/mol. The van der Waals surface area contributed by atoms with Crippen LogP contribution in [0.4, 0.5) is 0 Å². The minimum absolute atomic E-state index is 0.853. The Morgan fingerprint density at radius 1 is 0.913 bits per heavy atom. The highest BCUT2D eigenvalue weighted by Gasteiger charge is 2.52. The van der Waals surface area contributed by atoms with Gasteiger partial charge in [-0.1, -0.05) is 35.5 Å². The first-order chi connectivity index (χ1) is 10.9.